The Kier molecular flexibility index (Phi) is 5.48. The van der Waals surface area contributed by atoms with Crippen LogP contribution in [0.4, 0.5) is 11.5 Å². The van der Waals surface area contributed by atoms with Crippen LogP contribution in [0.2, 0.25) is 0 Å². The number of aromatic nitrogens is 2. The average molecular weight is 422 g/mol. The van der Waals surface area contributed by atoms with Gasteiger partial charge in [-0.1, -0.05) is 12.1 Å². The van der Waals surface area contributed by atoms with Crippen LogP contribution in [0, 0.1) is 0 Å². The Balaban J connectivity index is 1.63. The molecular formula is C22H22N4O5. The highest BCUT2D eigenvalue weighted by atomic mass is 16.5. The zero-order valence-corrected chi connectivity index (χ0v) is 17.3. The van der Waals surface area contributed by atoms with Crippen LogP contribution in [0.15, 0.2) is 48.7 Å². The lowest BCUT2D eigenvalue weighted by atomic mass is 10.1. The lowest BCUT2D eigenvalue weighted by molar-refractivity contribution is -0.125. The first kappa shape index (κ1) is 20.3. The number of rotatable bonds is 6. The van der Waals surface area contributed by atoms with Gasteiger partial charge in [0, 0.05) is 29.4 Å². The first-order valence-electron chi connectivity index (χ1n) is 9.58. The maximum Gasteiger partial charge on any atom is 0.249 e. The summed E-state index contributed by atoms with van der Waals surface area (Å²) >= 11 is 0. The van der Waals surface area contributed by atoms with Crippen molar-refractivity contribution < 1.29 is 23.8 Å². The Bertz CT molecular complexity index is 1100. The molecule has 2 N–H and O–H groups in total. The number of nitrogens with one attached hydrogen (secondary N) is 2. The molecule has 31 heavy (non-hydrogen) atoms. The van der Waals surface area contributed by atoms with E-state index in [1.165, 1.54) is 18.9 Å². The van der Waals surface area contributed by atoms with E-state index in [2.05, 4.69) is 15.7 Å². The molecule has 0 spiro atoms. The highest BCUT2D eigenvalue weighted by molar-refractivity contribution is 6.03. The van der Waals surface area contributed by atoms with Crippen molar-refractivity contribution in [1.82, 2.24) is 9.78 Å². The second-order valence-corrected chi connectivity index (χ2v) is 6.94. The molecule has 0 saturated heterocycles. The maximum absolute atomic E-state index is 13.1. The molecule has 9 heteroatoms. The van der Waals surface area contributed by atoms with Crippen LogP contribution in [0.5, 0.6) is 17.2 Å². The fraction of sp³-hybridized carbons (Fsp3) is 0.227. The van der Waals surface area contributed by atoms with E-state index in [9.17, 15) is 9.59 Å². The van der Waals surface area contributed by atoms with Gasteiger partial charge in [0.25, 0.3) is 0 Å². The van der Waals surface area contributed by atoms with E-state index in [0.29, 0.717) is 23.0 Å². The standard InChI is InChI=1S/C22H22N4O5/c1-29-15-6-4-13(5-7-15)18-12-23-26-19(11-20(27)25-21(18)26)22(28)24-14-8-16(30-2)10-17(9-14)31-3/h4-10,12,19H,11H2,1-3H3,(H,24,28)(H,25,27)/t19-/m1/s1. The van der Waals surface area contributed by atoms with Gasteiger partial charge in [0.2, 0.25) is 11.8 Å². The third-order valence-corrected chi connectivity index (χ3v) is 5.05. The molecule has 1 aliphatic heterocycles. The highest BCUT2D eigenvalue weighted by Crippen LogP contribution is 2.35. The molecule has 0 saturated carbocycles. The van der Waals surface area contributed by atoms with Crippen LogP contribution >= 0.6 is 0 Å². The smallest absolute Gasteiger partial charge is 0.249 e. The topological polar surface area (TPSA) is 104 Å². The molecule has 1 atom stereocenters. The Morgan fingerprint density at radius 1 is 1.03 bits per heavy atom. The van der Waals surface area contributed by atoms with E-state index >= 15 is 0 Å². The quantitative estimate of drug-likeness (QED) is 0.633. The van der Waals surface area contributed by atoms with Crippen molar-refractivity contribution in [2.24, 2.45) is 0 Å². The van der Waals surface area contributed by atoms with Crippen LogP contribution < -0.4 is 24.8 Å². The van der Waals surface area contributed by atoms with Crippen molar-refractivity contribution in [2.75, 3.05) is 32.0 Å². The van der Waals surface area contributed by atoms with Crippen LogP contribution in [-0.4, -0.2) is 42.9 Å². The molecule has 0 unspecified atom stereocenters. The lowest BCUT2D eigenvalue weighted by Crippen LogP contribution is -2.35. The van der Waals surface area contributed by atoms with Gasteiger partial charge in [-0.15, -0.1) is 0 Å². The Morgan fingerprint density at radius 2 is 1.68 bits per heavy atom. The first-order chi connectivity index (χ1) is 15.0. The van der Waals surface area contributed by atoms with Crippen LogP contribution in [0.25, 0.3) is 11.1 Å². The second kappa shape index (κ2) is 8.39. The molecule has 1 aromatic heterocycles. The van der Waals surface area contributed by atoms with E-state index in [1.807, 2.05) is 24.3 Å². The van der Waals surface area contributed by atoms with E-state index < -0.39 is 6.04 Å². The summed E-state index contributed by atoms with van der Waals surface area (Å²) in [6.45, 7) is 0. The average Bonchev–Trinajstić information content (AvgIpc) is 3.21. The number of hydrogen-bond donors (Lipinski definition) is 2. The Labute approximate surface area is 178 Å². The van der Waals surface area contributed by atoms with Crippen molar-refractivity contribution >= 4 is 23.3 Å². The number of anilines is 2. The van der Waals surface area contributed by atoms with E-state index in [-0.39, 0.29) is 18.2 Å². The van der Waals surface area contributed by atoms with E-state index in [0.717, 1.165) is 16.9 Å². The number of fused-ring (bicyclic) bond motifs is 1. The summed E-state index contributed by atoms with van der Waals surface area (Å²) in [6, 6.07) is 11.6. The predicted molar refractivity (Wildman–Crippen MR) is 115 cm³/mol. The van der Waals surface area contributed by atoms with Gasteiger partial charge in [0.05, 0.1) is 33.9 Å². The molecule has 3 aromatic rings. The number of carbonyl (C=O) groups excluding carboxylic acids is 2. The third kappa shape index (κ3) is 4.02. The van der Waals surface area contributed by atoms with Gasteiger partial charge in [-0.3, -0.25) is 9.59 Å². The van der Waals surface area contributed by atoms with E-state index in [4.69, 9.17) is 14.2 Å². The van der Waals surface area contributed by atoms with Crippen molar-refractivity contribution in [1.29, 1.82) is 0 Å². The fourth-order valence-corrected chi connectivity index (χ4v) is 3.46. The molecule has 2 amide bonds. The second-order valence-electron chi connectivity index (χ2n) is 6.94. The molecule has 1 aliphatic rings. The normalized spacial score (nSPS) is 14.9. The summed E-state index contributed by atoms with van der Waals surface area (Å²) in [4.78, 5) is 25.4. The number of ether oxygens (including phenoxy) is 3. The highest BCUT2D eigenvalue weighted by Gasteiger charge is 2.33. The number of hydrogen-bond acceptors (Lipinski definition) is 6. The molecule has 160 valence electrons. The zero-order chi connectivity index (χ0) is 22.0. The predicted octanol–water partition coefficient (Wildman–Crippen LogP) is 3.10. The monoisotopic (exact) mass is 422 g/mol. The summed E-state index contributed by atoms with van der Waals surface area (Å²) in [5.41, 5.74) is 2.06. The molecule has 0 fully saturated rings. The number of amides is 2. The van der Waals surface area contributed by atoms with Crippen LogP contribution in [0.1, 0.15) is 12.5 Å². The minimum Gasteiger partial charge on any atom is -0.497 e. The molecular weight excluding hydrogens is 400 g/mol. The zero-order valence-electron chi connectivity index (χ0n) is 17.3. The van der Waals surface area contributed by atoms with Crippen LogP contribution in [-0.2, 0) is 9.59 Å². The van der Waals surface area contributed by atoms with Crippen molar-refractivity contribution in [3.63, 3.8) is 0 Å². The SMILES string of the molecule is COc1ccc(-c2cnn3c2NC(=O)C[C@@H]3C(=O)Nc2cc(OC)cc(OC)c2)cc1. The van der Waals surface area contributed by atoms with Gasteiger partial charge in [-0.05, 0) is 17.7 Å². The van der Waals surface area contributed by atoms with Gasteiger partial charge in [-0.25, -0.2) is 4.68 Å². The van der Waals surface area contributed by atoms with Crippen LogP contribution in [0.3, 0.4) is 0 Å². The lowest BCUT2D eigenvalue weighted by Gasteiger charge is -2.24. The molecule has 2 aromatic carbocycles. The Hall–Kier alpha value is -4.01. The van der Waals surface area contributed by atoms with Gasteiger partial charge >= 0.3 is 0 Å². The molecule has 0 aliphatic carbocycles. The fourth-order valence-electron chi connectivity index (χ4n) is 3.46. The number of nitrogens with zero attached hydrogens (tertiary/aromatic N) is 2. The summed E-state index contributed by atoms with van der Waals surface area (Å²) in [6.07, 6.45) is 1.61. The molecule has 0 bridgehead atoms. The van der Waals surface area contributed by atoms with Gasteiger partial charge in [0.1, 0.15) is 29.1 Å². The van der Waals surface area contributed by atoms with Gasteiger partial charge in [0.15, 0.2) is 0 Å². The van der Waals surface area contributed by atoms with Crippen molar-refractivity contribution in [3.8, 4) is 28.4 Å². The third-order valence-electron chi connectivity index (χ3n) is 5.05. The van der Waals surface area contributed by atoms with Gasteiger partial charge < -0.3 is 24.8 Å². The summed E-state index contributed by atoms with van der Waals surface area (Å²) < 4.78 is 17.2. The van der Waals surface area contributed by atoms with Crippen molar-refractivity contribution in [3.05, 3.63) is 48.7 Å². The molecule has 2 heterocycles. The minimum atomic E-state index is -0.798. The molecule has 4 rings (SSSR count). The summed E-state index contributed by atoms with van der Waals surface area (Å²) in [7, 11) is 4.66. The number of methoxy groups -OCH3 is 3. The van der Waals surface area contributed by atoms with Gasteiger partial charge in [-0.2, -0.15) is 5.10 Å². The van der Waals surface area contributed by atoms with E-state index in [1.54, 1.807) is 31.5 Å². The molecule has 9 nitrogen and oxygen atoms in total. The Morgan fingerprint density at radius 3 is 2.29 bits per heavy atom. The summed E-state index contributed by atoms with van der Waals surface area (Å²) in [5.74, 6) is 1.65. The summed E-state index contributed by atoms with van der Waals surface area (Å²) in [5, 5.41) is 10.0. The maximum atomic E-state index is 13.1. The number of benzene rings is 2. The van der Waals surface area contributed by atoms with Crippen molar-refractivity contribution in [2.45, 2.75) is 12.5 Å². The molecule has 0 radical (unpaired) electrons. The largest absolute Gasteiger partial charge is 0.497 e. The first-order valence-corrected chi connectivity index (χ1v) is 9.58. The minimum absolute atomic E-state index is 0.0241. The number of carbonyl (C=O) groups is 2.